The SMILES string of the molecule is O=C(O)c1ccc2nc(CN3CC=C(c4cccc(OCc5ccc(C#CC6CC6)cc5F)n4)CC3)n(C[C@@H]3CCO3)c2c1. The Hall–Kier alpha value is -4.52. The number of pyridine rings is 1. The highest BCUT2D eigenvalue weighted by Gasteiger charge is 2.24. The van der Waals surface area contributed by atoms with E-state index in [1.807, 2.05) is 18.2 Å². The van der Waals surface area contributed by atoms with Gasteiger partial charge in [-0.3, -0.25) is 4.90 Å². The fourth-order valence-corrected chi connectivity index (χ4v) is 5.53. The molecule has 7 rings (SSSR count). The van der Waals surface area contributed by atoms with E-state index in [4.69, 9.17) is 19.4 Å². The summed E-state index contributed by atoms with van der Waals surface area (Å²) in [5, 5.41) is 9.51. The minimum atomic E-state index is -0.951. The Kier molecular flexibility index (Phi) is 7.86. The van der Waals surface area contributed by atoms with Crippen molar-refractivity contribution in [2.45, 2.75) is 51.5 Å². The van der Waals surface area contributed by atoms with Crippen molar-refractivity contribution in [2.75, 3.05) is 19.7 Å². The molecule has 1 saturated carbocycles. The second-order valence-corrected chi connectivity index (χ2v) is 11.6. The largest absolute Gasteiger partial charge is 0.478 e. The molecule has 2 aromatic heterocycles. The number of aromatic carboxylic acids is 1. The highest BCUT2D eigenvalue weighted by molar-refractivity contribution is 5.92. The van der Waals surface area contributed by atoms with Crippen LogP contribution in [-0.4, -0.2) is 56.3 Å². The summed E-state index contributed by atoms with van der Waals surface area (Å²) < 4.78 is 28.3. The molecule has 44 heavy (non-hydrogen) atoms. The van der Waals surface area contributed by atoms with Gasteiger partial charge in [0.2, 0.25) is 5.88 Å². The van der Waals surface area contributed by atoms with Gasteiger partial charge in [-0.25, -0.2) is 19.2 Å². The molecular formula is C35H33FN4O4. The maximum absolute atomic E-state index is 14.7. The number of imidazole rings is 1. The molecule has 0 bridgehead atoms. The summed E-state index contributed by atoms with van der Waals surface area (Å²) in [6.45, 7) is 3.69. The van der Waals surface area contributed by atoms with Crippen LogP contribution in [0.2, 0.25) is 0 Å². The van der Waals surface area contributed by atoms with Crippen LogP contribution in [0.4, 0.5) is 4.39 Å². The lowest BCUT2D eigenvalue weighted by Crippen LogP contribution is -2.33. The molecule has 8 nitrogen and oxygen atoms in total. The van der Waals surface area contributed by atoms with E-state index >= 15 is 0 Å². The van der Waals surface area contributed by atoms with Crippen molar-refractivity contribution in [1.29, 1.82) is 0 Å². The number of hydrogen-bond acceptors (Lipinski definition) is 6. The Morgan fingerprint density at radius 2 is 2.00 bits per heavy atom. The predicted molar refractivity (Wildman–Crippen MR) is 163 cm³/mol. The Morgan fingerprint density at radius 3 is 2.73 bits per heavy atom. The maximum Gasteiger partial charge on any atom is 0.335 e. The number of ether oxygens (including phenoxy) is 2. The van der Waals surface area contributed by atoms with Gasteiger partial charge in [0.25, 0.3) is 0 Å². The molecule has 0 amide bonds. The van der Waals surface area contributed by atoms with Crippen LogP contribution in [-0.2, 0) is 24.4 Å². The number of aromatic nitrogens is 3. The number of benzene rings is 2. The molecule has 9 heteroatoms. The van der Waals surface area contributed by atoms with Crippen LogP contribution in [0.15, 0.2) is 60.7 Å². The maximum atomic E-state index is 14.7. The monoisotopic (exact) mass is 592 g/mol. The van der Waals surface area contributed by atoms with Gasteiger partial charge in [-0.05, 0) is 67.7 Å². The van der Waals surface area contributed by atoms with E-state index in [0.717, 1.165) is 73.5 Å². The van der Waals surface area contributed by atoms with Crippen molar-refractivity contribution in [1.82, 2.24) is 19.4 Å². The molecule has 2 aromatic carbocycles. The molecule has 3 aliphatic rings. The molecular weight excluding hydrogens is 559 g/mol. The molecule has 1 aliphatic carbocycles. The number of rotatable bonds is 9. The summed E-state index contributed by atoms with van der Waals surface area (Å²) in [5.74, 6) is 6.77. The number of halogens is 1. The zero-order valence-corrected chi connectivity index (χ0v) is 24.3. The van der Waals surface area contributed by atoms with Crippen LogP contribution in [0, 0.1) is 23.6 Å². The van der Waals surface area contributed by atoms with E-state index in [0.29, 0.717) is 36.0 Å². The third-order valence-corrected chi connectivity index (χ3v) is 8.39. The van der Waals surface area contributed by atoms with E-state index < -0.39 is 5.97 Å². The number of carboxylic acids is 1. The summed E-state index contributed by atoms with van der Waals surface area (Å²) in [7, 11) is 0. The average molecular weight is 593 g/mol. The second kappa shape index (κ2) is 12.2. The normalized spacial score (nSPS) is 18.3. The van der Waals surface area contributed by atoms with Gasteiger partial charge in [-0.15, -0.1) is 0 Å². The fraction of sp³-hybridized carbons (Fsp3) is 0.343. The highest BCUT2D eigenvalue weighted by atomic mass is 19.1. The molecule has 2 aliphatic heterocycles. The number of carboxylic acid groups (broad SMARTS) is 1. The van der Waals surface area contributed by atoms with E-state index in [9.17, 15) is 14.3 Å². The first-order valence-electron chi connectivity index (χ1n) is 15.1. The summed E-state index contributed by atoms with van der Waals surface area (Å²) >= 11 is 0. The molecule has 0 unspecified atom stereocenters. The molecule has 4 aromatic rings. The minimum Gasteiger partial charge on any atom is -0.478 e. The topological polar surface area (TPSA) is 89.7 Å². The Balaban J connectivity index is 1.01. The van der Waals surface area contributed by atoms with Gasteiger partial charge in [0.15, 0.2) is 0 Å². The third-order valence-electron chi connectivity index (χ3n) is 8.39. The first-order valence-corrected chi connectivity index (χ1v) is 15.1. The van der Waals surface area contributed by atoms with Gasteiger partial charge in [0.05, 0.1) is 41.5 Å². The van der Waals surface area contributed by atoms with Crippen molar-refractivity contribution in [2.24, 2.45) is 5.92 Å². The van der Waals surface area contributed by atoms with Crippen molar-refractivity contribution in [3.63, 3.8) is 0 Å². The van der Waals surface area contributed by atoms with E-state index in [2.05, 4.69) is 27.4 Å². The minimum absolute atomic E-state index is 0.0896. The molecule has 4 heterocycles. The lowest BCUT2D eigenvalue weighted by molar-refractivity contribution is -0.0591. The van der Waals surface area contributed by atoms with Gasteiger partial charge in [-0.2, -0.15) is 0 Å². The first-order chi connectivity index (χ1) is 21.5. The molecule has 2 fully saturated rings. The van der Waals surface area contributed by atoms with Gasteiger partial charge >= 0.3 is 5.97 Å². The lowest BCUT2D eigenvalue weighted by Gasteiger charge is -2.29. The smallest absolute Gasteiger partial charge is 0.335 e. The molecule has 0 radical (unpaired) electrons. The van der Waals surface area contributed by atoms with Crippen molar-refractivity contribution in [3.8, 4) is 17.7 Å². The number of carbonyl (C=O) groups is 1. The molecule has 224 valence electrons. The van der Waals surface area contributed by atoms with E-state index in [1.165, 1.54) is 6.07 Å². The molecule has 1 saturated heterocycles. The van der Waals surface area contributed by atoms with Crippen molar-refractivity contribution in [3.05, 3.63) is 94.7 Å². The van der Waals surface area contributed by atoms with Crippen molar-refractivity contribution >= 4 is 22.6 Å². The average Bonchev–Trinajstić information content (AvgIpc) is 3.78. The Labute approximate surface area is 255 Å². The van der Waals surface area contributed by atoms with Crippen LogP contribution >= 0.6 is 0 Å². The number of nitrogens with zero attached hydrogens (tertiary/aromatic N) is 4. The quantitative estimate of drug-likeness (QED) is 0.250. The first kappa shape index (κ1) is 28.3. The summed E-state index contributed by atoms with van der Waals surface area (Å²) in [5.41, 5.74) is 5.01. The van der Waals surface area contributed by atoms with Crippen LogP contribution in [0.5, 0.6) is 5.88 Å². The van der Waals surface area contributed by atoms with Gasteiger partial charge in [0, 0.05) is 42.8 Å². The van der Waals surface area contributed by atoms with Gasteiger partial charge in [-0.1, -0.05) is 30.0 Å². The third kappa shape index (κ3) is 6.37. The molecule has 0 spiro atoms. The zero-order valence-electron chi connectivity index (χ0n) is 24.3. The van der Waals surface area contributed by atoms with Crippen LogP contribution in [0.25, 0.3) is 16.6 Å². The summed E-state index contributed by atoms with van der Waals surface area (Å²) in [6, 6.07) is 15.8. The lowest BCUT2D eigenvalue weighted by atomic mass is 10.0. The second-order valence-electron chi connectivity index (χ2n) is 11.6. The van der Waals surface area contributed by atoms with E-state index in [-0.39, 0.29) is 24.1 Å². The van der Waals surface area contributed by atoms with Crippen LogP contribution in [0.3, 0.4) is 0 Å². The summed E-state index contributed by atoms with van der Waals surface area (Å²) in [6.07, 6.45) is 6.38. The van der Waals surface area contributed by atoms with E-state index in [1.54, 1.807) is 30.3 Å². The fourth-order valence-electron chi connectivity index (χ4n) is 5.53. The van der Waals surface area contributed by atoms with Crippen LogP contribution in [0.1, 0.15) is 58.7 Å². The van der Waals surface area contributed by atoms with Crippen molar-refractivity contribution < 1.29 is 23.8 Å². The number of fused-ring (bicyclic) bond motifs is 1. The molecule has 1 atom stereocenters. The highest BCUT2D eigenvalue weighted by Crippen LogP contribution is 2.28. The van der Waals surface area contributed by atoms with Gasteiger partial charge in [0.1, 0.15) is 18.2 Å². The zero-order chi connectivity index (χ0) is 30.0. The Morgan fingerprint density at radius 1 is 1.11 bits per heavy atom. The number of hydrogen-bond donors (Lipinski definition) is 1. The Bertz CT molecular complexity index is 1810. The van der Waals surface area contributed by atoms with Gasteiger partial charge < -0.3 is 19.1 Å². The molecule has 1 N–H and O–H groups in total. The standard InChI is InChI=1S/C35H33FN4O4/c36-29-18-24(7-6-23-4-5-23)8-9-27(29)22-44-34-3-1-2-30(38-34)25-12-15-39(16-13-25)21-33-37-31-11-10-26(35(41)42)19-32(31)40(33)20-28-14-17-43-28/h1-3,8-12,18-19,23,28H,4-5,13-17,20-22H2,(H,41,42)/t28-/m0/s1. The summed E-state index contributed by atoms with van der Waals surface area (Å²) in [4.78, 5) is 23.5. The van der Waals surface area contributed by atoms with Crippen LogP contribution < -0.4 is 4.74 Å². The predicted octanol–water partition coefficient (Wildman–Crippen LogP) is 5.69.